The number of nitrogen functional groups attached to an aromatic ring is 1. The molecule has 0 fully saturated rings. The van der Waals surface area contributed by atoms with Crippen molar-refractivity contribution in [2.75, 3.05) is 10.5 Å². The van der Waals surface area contributed by atoms with Crippen molar-refractivity contribution in [3.05, 3.63) is 52.5 Å². The molecule has 0 amide bonds. The van der Waals surface area contributed by atoms with Crippen molar-refractivity contribution >= 4 is 33.0 Å². The molecule has 2 rings (SSSR count). The molecule has 2 aromatic rings. The zero-order valence-corrected chi connectivity index (χ0v) is 12.7. The molecule has 0 aliphatic carbocycles. The lowest BCUT2D eigenvalue weighted by Crippen LogP contribution is -2.16. The van der Waals surface area contributed by atoms with Crippen molar-refractivity contribution in [3.8, 4) is 0 Å². The number of aryl methyl sites for hydroxylation is 1. The Bertz CT molecular complexity index is 738. The second-order valence-electron chi connectivity index (χ2n) is 4.51. The molecule has 2 aromatic carbocycles. The molecule has 0 radical (unpaired) electrons. The summed E-state index contributed by atoms with van der Waals surface area (Å²) in [5, 5.41) is 0.503. The minimum atomic E-state index is -3.75. The maximum atomic E-state index is 12.5. The topological polar surface area (TPSA) is 72.2 Å². The van der Waals surface area contributed by atoms with Crippen LogP contribution >= 0.6 is 11.6 Å². The predicted octanol–water partition coefficient (Wildman–Crippen LogP) is 3.34. The second kappa shape index (κ2) is 5.34. The Hall–Kier alpha value is -1.72. The van der Waals surface area contributed by atoms with Gasteiger partial charge >= 0.3 is 0 Å². The zero-order chi connectivity index (χ0) is 14.9. The summed E-state index contributed by atoms with van der Waals surface area (Å²) in [5.74, 6) is 0. The van der Waals surface area contributed by atoms with Crippen LogP contribution in [0.5, 0.6) is 0 Å². The Kier molecular flexibility index (Phi) is 3.92. The SMILES string of the molecule is Cc1cccc(N)c1S(=O)(=O)Nc1cccc(Cl)c1C. The lowest BCUT2D eigenvalue weighted by Gasteiger charge is -2.14. The van der Waals surface area contributed by atoms with Crippen molar-refractivity contribution in [1.29, 1.82) is 0 Å². The number of nitrogens with one attached hydrogen (secondary N) is 1. The fourth-order valence-corrected chi connectivity index (χ4v) is 3.61. The van der Waals surface area contributed by atoms with E-state index in [9.17, 15) is 8.42 Å². The van der Waals surface area contributed by atoms with Crippen LogP contribution in [0, 0.1) is 13.8 Å². The molecule has 0 unspecified atom stereocenters. The summed E-state index contributed by atoms with van der Waals surface area (Å²) in [6.45, 7) is 3.46. The van der Waals surface area contributed by atoms with Gasteiger partial charge in [-0.05, 0) is 43.2 Å². The summed E-state index contributed by atoms with van der Waals surface area (Å²) in [6.07, 6.45) is 0. The molecule has 6 heteroatoms. The first-order valence-electron chi connectivity index (χ1n) is 5.96. The van der Waals surface area contributed by atoms with Crippen LogP contribution in [0.1, 0.15) is 11.1 Å². The molecule has 0 aliphatic heterocycles. The molecule has 0 atom stereocenters. The van der Waals surface area contributed by atoms with Crippen LogP contribution in [0.25, 0.3) is 0 Å². The van der Waals surface area contributed by atoms with E-state index in [2.05, 4.69) is 4.72 Å². The highest BCUT2D eigenvalue weighted by Gasteiger charge is 2.20. The van der Waals surface area contributed by atoms with Gasteiger partial charge in [-0.25, -0.2) is 8.42 Å². The monoisotopic (exact) mass is 310 g/mol. The van der Waals surface area contributed by atoms with E-state index in [-0.39, 0.29) is 10.6 Å². The minimum absolute atomic E-state index is 0.0966. The first kappa shape index (κ1) is 14.7. The van der Waals surface area contributed by atoms with Crippen LogP contribution in [0.2, 0.25) is 5.02 Å². The molecule has 106 valence electrons. The van der Waals surface area contributed by atoms with E-state index in [0.717, 1.165) is 0 Å². The van der Waals surface area contributed by atoms with Crippen LogP contribution in [0.3, 0.4) is 0 Å². The number of sulfonamides is 1. The van der Waals surface area contributed by atoms with Crippen LogP contribution in [-0.2, 0) is 10.0 Å². The maximum Gasteiger partial charge on any atom is 0.264 e. The van der Waals surface area contributed by atoms with Gasteiger partial charge in [0.1, 0.15) is 4.90 Å². The highest BCUT2D eigenvalue weighted by atomic mass is 35.5. The Labute approximate surface area is 123 Å². The molecule has 0 aliphatic rings. The number of anilines is 2. The van der Waals surface area contributed by atoms with E-state index in [1.807, 2.05) is 0 Å². The third-order valence-corrected chi connectivity index (χ3v) is 5.02. The fourth-order valence-electron chi connectivity index (χ4n) is 1.96. The largest absolute Gasteiger partial charge is 0.398 e. The Morgan fingerprint density at radius 3 is 2.40 bits per heavy atom. The van der Waals surface area contributed by atoms with Crippen molar-refractivity contribution in [3.63, 3.8) is 0 Å². The van der Waals surface area contributed by atoms with E-state index >= 15 is 0 Å². The summed E-state index contributed by atoms with van der Waals surface area (Å²) in [6, 6.07) is 10.0. The summed E-state index contributed by atoms with van der Waals surface area (Å²) >= 11 is 5.99. The number of hydrogen-bond acceptors (Lipinski definition) is 3. The molecule has 0 aromatic heterocycles. The van der Waals surface area contributed by atoms with Gasteiger partial charge in [-0.15, -0.1) is 0 Å². The van der Waals surface area contributed by atoms with Gasteiger partial charge in [0.15, 0.2) is 0 Å². The van der Waals surface area contributed by atoms with Crippen LogP contribution in [0.4, 0.5) is 11.4 Å². The van der Waals surface area contributed by atoms with E-state index < -0.39 is 10.0 Å². The Morgan fingerprint density at radius 2 is 1.75 bits per heavy atom. The average Bonchev–Trinajstić information content (AvgIpc) is 2.34. The lowest BCUT2D eigenvalue weighted by molar-refractivity contribution is 0.601. The van der Waals surface area contributed by atoms with Gasteiger partial charge in [-0.1, -0.05) is 29.8 Å². The Morgan fingerprint density at radius 1 is 1.10 bits per heavy atom. The van der Waals surface area contributed by atoms with Crippen LogP contribution in [-0.4, -0.2) is 8.42 Å². The van der Waals surface area contributed by atoms with E-state index in [4.69, 9.17) is 17.3 Å². The summed E-state index contributed by atoms with van der Waals surface area (Å²) in [7, 11) is -3.75. The number of halogens is 1. The van der Waals surface area contributed by atoms with Crippen molar-refractivity contribution in [1.82, 2.24) is 0 Å². The first-order chi connectivity index (χ1) is 9.33. The Balaban J connectivity index is 2.50. The minimum Gasteiger partial charge on any atom is -0.398 e. The van der Waals surface area contributed by atoms with E-state index in [1.165, 1.54) is 0 Å². The molecule has 0 bridgehead atoms. The molecule has 20 heavy (non-hydrogen) atoms. The second-order valence-corrected chi connectivity index (χ2v) is 6.54. The van der Waals surface area contributed by atoms with Gasteiger partial charge < -0.3 is 5.73 Å². The van der Waals surface area contributed by atoms with Crippen molar-refractivity contribution in [2.24, 2.45) is 0 Å². The molecular weight excluding hydrogens is 296 g/mol. The predicted molar refractivity (Wildman–Crippen MR) is 82.6 cm³/mol. The molecule has 0 heterocycles. The molecule has 0 spiro atoms. The molecule has 4 nitrogen and oxygen atoms in total. The summed E-state index contributed by atoms with van der Waals surface area (Å²) in [5.41, 5.74) is 7.71. The molecule has 0 saturated carbocycles. The van der Waals surface area contributed by atoms with Gasteiger partial charge in [0, 0.05) is 5.02 Å². The number of benzene rings is 2. The average molecular weight is 311 g/mol. The van der Waals surface area contributed by atoms with Gasteiger partial charge in [0.25, 0.3) is 10.0 Å². The third kappa shape index (κ3) is 2.73. The molecule has 3 N–H and O–H groups in total. The molecule has 0 saturated heterocycles. The van der Waals surface area contributed by atoms with Gasteiger partial charge in [-0.2, -0.15) is 0 Å². The third-order valence-electron chi connectivity index (χ3n) is 3.02. The number of hydrogen-bond donors (Lipinski definition) is 2. The fraction of sp³-hybridized carbons (Fsp3) is 0.143. The lowest BCUT2D eigenvalue weighted by atomic mass is 10.2. The first-order valence-corrected chi connectivity index (χ1v) is 7.82. The van der Waals surface area contributed by atoms with E-state index in [1.54, 1.807) is 50.2 Å². The highest BCUT2D eigenvalue weighted by Crippen LogP contribution is 2.28. The normalized spacial score (nSPS) is 11.3. The smallest absolute Gasteiger partial charge is 0.264 e. The van der Waals surface area contributed by atoms with Gasteiger partial charge in [0.2, 0.25) is 0 Å². The van der Waals surface area contributed by atoms with Gasteiger partial charge in [0.05, 0.1) is 11.4 Å². The number of nitrogens with two attached hydrogens (primary N) is 1. The highest BCUT2D eigenvalue weighted by molar-refractivity contribution is 7.93. The molecular formula is C14H15ClN2O2S. The van der Waals surface area contributed by atoms with E-state index in [0.29, 0.717) is 21.8 Å². The summed E-state index contributed by atoms with van der Waals surface area (Å²) in [4.78, 5) is 0.0966. The summed E-state index contributed by atoms with van der Waals surface area (Å²) < 4.78 is 27.5. The van der Waals surface area contributed by atoms with Crippen molar-refractivity contribution in [2.45, 2.75) is 18.7 Å². The van der Waals surface area contributed by atoms with Crippen LogP contribution < -0.4 is 10.5 Å². The quantitative estimate of drug-likeness (QED) is 0.854. The standard InChI is InChI=1S/C14H15ClN2O2S/c1-9-5-3-7-12(16)14(9)20(18,19)17-13-8-4-6-11(15)10(13)2/h3-8,17H,16H2,1-2H3. The van der Waals surface area contributed by atoms with Crippen molar-refractivity contribution < 1.29 is 8.42 Å². The van der Waals surface area contributed by atoms with Gasteiger partial charge in [-0.3, -0.25) is 4.72 Å². The van der Waals surface area contributed by atoms with Crippen LogP contribution in [0.15, 0.2) is 41.3 Å². The zero-order valence-electron chi connectivity index (χ0n) is 11.1. The maximum absolute atomic E-state index is 12.5. The number of rotatable bonds is 3.